The Kier molecular flexibility index (Phi) is 4.48. The summed E-state index contributed by atoms with van der Waals surface area (Å²) in [5.74, 6) is 0.747. The zero-order valence-electron chi connectivity index (χ0n) is 14.8. The van der Waals surface area contributed by atoms with E-state index < -0.39 is 0 Å². The average Bonchev–Trinajstić information content (AvgIpc) is 3.31. The summed E-state index contributed by atoms with van der Waals surface area (Å²) in [7, 11) is 0. The van der Waals surface area contributed by atoms with E-state index in [9.17, 15) is 9.59 Å². The fourth-order valence-electron chi connectivity index (χ4n) is 4.89. The van der Waals surface area contributed by atoms with Crippen molar-refractivity contribution >= 4 is 11.8 Å². The molecular weight excluding hydrogens is 314 g/mol. The molecule has 3 heterocycles. The van der Waals surface area contributed by atoms with Gasteiger partial charge in [-0.3, -0.25) is 14.6 Å². The van der Waals surface area contributed by atoms with Gasteiger partial charge in [0.05, 0.1) is 5.41 Å². The molecule has 2 amide bonds. The number of carbonyl (C=O) groups is 2. The fraction of sp³-hybridized carbons (Fsp3) is 0.650. The molecule has 0 unspecified atom stereocenters. The summed E-state index contributed by atoms with van der Waals surface area (Å²) in [5.41, 5.74) is 0.735. The molecule has 4 rings (SSSR count). The topological polar surface area (TPSA) is 53.5 Å². The lowest BCUT2D eigenvalue weighted by atomic mass is 9.78. The minimum Gasteiger partial charge on any atom is -0.341 e. The maximum atomic E-state index is 13.2. The number of carbonyl (C=O) groups excluding carboxylic acids is 2. The average molecular weight is 341 g/mol. The van der Waals surface area contributed by atoms with Crippen LogP contribution in [0.5, 0.6) is 0 Å². The van der Waals surface area contributed by atoms with Gasteiger partial charge in [0.1, 0.15) is 0 Å². The molecule has 1 aromatic heterocycles. The molecule has 5 heteroatoms. The first kappa shape index (κ1) is 16.6. The van der Waals surface area contributed by atoms with Gasteiger partial charge < -0.3 is 9.80 Å². The third-order valence-electron chi connectivity index (χ3n) is 6.29. The van der Waals surface area contributed by atoms with Gasteiger partial charge in [-0.25, -0.2) is 0 Å². The van der Waals surface area contributed by atoms with Gasteiger partial charge in [0, 0.05) is 44.5 Å². The molecule has 1 atom stereocenters. The molecule has 1 aromatic rings. The van der Waals surface area contributed by atoms with Gasteiger partial charge in [-0.1, -0.05) is 18.9 Å². The Hall–Kier alpha value is -1.91. The molecule has 1 aliphatic carbocycles. The maximum absolute atomic E-state index is 13.2. The van der Waals surface area contributed by atoms with Crippen molar-refractivity contribution in [1.82, 2.24) is 14.8 Å². The first-order chi connectivity index (χ1) is 12.2. The zero-order valence-corrected chi connectivity index (χ0v) is 14.8. The number of nitrogens with zero attached hydrogens (tertiary/aromatic N) is 3. The molecule has 134 valence electrons. The van der Waals surface area contributed by atoms with Crippen molar-refractivity contribution < 1.29 is 9.59 Å². The fourth-order valence-corrected chi connectivity index (χ4v) is 4.89. The molecule has 0 N–H and O–H groups in total. The molecule has 0 radical (unpaired) electrons. The number of hydrogen-bond acceptors (Lipinski definition) is 3. The van der Waals surface area contributed by atoms with E-state index in [0.717, 1.165) is 50.8 Å². The van der Waals surface area contributed by atoms with E-state index >= 15 is 0 Å². The molecule has 1 spiro atoms. The second kappa shape index (κ2) is 6.77. The molecule has 1 saturated carbocycles. The van der Waals surface area contributed by atoms with Gasteiger partial charge in [-0.15, -0.1) is 0 Å². The van der Waals surface area contributed by atoms with Crippen molar-refractivity contribution in [3.8, 4) is 0 Å². The van der Waals surface area contributed by atoms with E-state index in [0.29, 0.717) is 19.0 Å². The van der Waals surface area contributed by atoms with E-state index in [1.54, 1.807) is 6.20 Å². The first-order valence-corrected chi connectivity index (χ1v) is 9.65. The highest BCUT2D eigenvalue weighted by atomic mass is 16.2. The first-order valence-electron chi connectivity index (χ1n) is 9.65. The standard InChI is InChI=1S/C20H27N3O2/c24-18(17-6-1-2-7-17)23-12-9-20(15-23)8-4-11-22(19(20)25)14-16-5-3-10-21-13-16/h3,5,10,13,17H,1-2,4,6-9,11-12,14-15H2/t20-/m1/s1. The van der Waals surface area contributed by atoms with Crippen molar-refractivity contribution in [3.05, 3.63) is 30.1 Å². The van der Waals surface area contributed by atoms with Crippen molar-refractivity contribution in [1.29, 1.82) is 0 Å². The van der Waals surface area contributed by atoms with Gasteiger partial charge in [0.25, 0.3) is 0 Å². The summed E-state index contributed by atoms with van der Waals surface area (Å²) in [5, 5.41) is 0. The lowest BCUT2D eigenvalue weighted by Crippen LogP contribution is -2.50. The van der Waals surface area contributed by atoms with Gasteiger partial charge >= 0.3 is 0 Å². The predicted molar refractivity (Wildman–Crippen MR) is 94.5 cm³/mol. The molecule has 3 fully saturated rings. The number of likely N-dealkylation sites (tertiary alicyclic amines) is 2. The van der Waals surface area contributed by atoms with Crippen LogP contribution in [0.25, 0.3) is 0 Å². The van der Waals surface area contributed by atoms with Crippen LogP contribution in [0, 0.1) is 11.3 Å². The number of pyridine rings is 1. The molecule has 5 nitrogen and oxygen atoms in total. The summed E-state index contributed by atoms with van der Waals surface area (Å²) in [6.07, 6.45) is 10.8. The molecular formula is C20H27N3O2. The lowest BCUT2D eigenvalue weighted by molar-refractivity contribution is -0.147. The Morgan fingerprint density at radius 1 is 1.20 bits per heavy atom. The monoisotopic (exact) mass is 341 g/mol. The number of piperidine rings is 1. The predicted octanol–water partition coefficient (Wildman–Crippen LogP) is 2.61. The quantitative estimate of drug-likeness (QED) is 0.849. The van der Waals surface area contributed by atoms with Crippen LogP contribution in [0.3, 0.4) is 0 Å². The third-order valence-corrected chi connectivity index (χ3v) is 6.29. The van der Waals surface area contributed by atoms with E-state index in [1.165, 1.54) is 12.8 Å². The highest BCUT2D eigenvalue weighted by molar-refractivity contribution is 5.86. The number of aromatic nitrogens is 1. The van der Waals surface area contributed by atoms with E-state index in [-0.39, 0.29) is 17.2 Å². The van der Waals surface area contributed by atoms with Gasteiger partial charge in [0.2, 0.25) is 11.8 Å². The van der Waals surface area contributed by atoms with Crippen LogP contribution in [0.4, 0.5) is 0 Å². The Bertz CT molecular complexity index is 642. The van der Waals surface area contributed by atoms with Crippen molar-refractivity contribution in [2.24, 2.45) is 11.3 Å². The van der Waals surface area contributed by atoms with Crippen molar-refractivity contribution in [2.75, 3.05) is 19.6 Å². The van der Waals surface area contributed by atoms with Crippen LogP contribution in [0.2, 0.25) is 0 Å². The Labute approximate surface area is 149 Å². The minimum absolute atomic E-state index is 0.209. The van der Waals surface area contributed by atoms with Gasteiger partial charge in [-0.2, -0.15) is 0 Å². The van der Waals surface area contributed by atoms with E-state index in [4.69, 9.17) is 0 Å². The normalized spacial score (nSPS) is 27.4. The molecule has 3 aliphatic rings. The zero-order chi connectivity index (χ0) is 17.3. The smallest absolute Gasteiger partial charge is 0.230 e. The summed E-state index contributed by atoms with van der Waals surface area (Å²) in [4.78, 5) is 34.1. The third kappa shape index (κ3) is 3.16. The maximum Gasteiger partial charge on any atom is 0.230 e. The number of amides is 2. The molecule has 2 aliphatic heterocycles. The molecule has 0 bridgehead atoms. The highest BCUT2D eigenvalue weighted by Crippen LogP contribution is 2.41. The van der Waals surface area contributed by atoms with Crippen molar-refractivity contribution in [2.45, 2.75) is 51.5 Å². The SMILES string of the molecule is O=C(C1CCCC1)N1CC[C@]2(CCCN(Cc3cccnc3)C2=O)C1. The Morgan fingerprint density at radius 2 is 2.04 bits per heavy atom. The van der Waals surface area contributed by atoms with E-state index in [1.807, 2.05) is 28.1 Å². The van der Waals surface area contributed by atoms with Gasteiger partial charge in [0.15, 0.2) is 0 Å². The molecule has 2 saturated heterocycles. The number of rotatable bonds is 3. The van der Waals surface area contributed by atoms with E-state index in [2.05, 4.69) is 4.98 Å². The van der Waals surface area contributed by atoms with Crippen LogP contribution in [0.15, 0.2) is 24.5 Å². The minimum atomic E-state index is -0.339. The van der Waals surface area contributed by atoms with Crippen LogP contribution in [0.1, 0.15) is 50.5 Å². The summed E-state index contributed by atoms with van der Waals surface area (Å²) in [6.45, 7) is 2.82. The van der Waals surface area contributed by atoms with Crippen molar-refractivity contribution in [3.63, 3.8) is 0 Å². The van der Waals surface area contributed by atoms with Crippen LogP contribution in [-0.4, -0.2) is 46.2 Å². The summed E-state index contributed by atoms with van der Waals surface area (Å²) in [6, 6.07) is 3.93. The molecule has 0 aromatic carbocycles. The van der Waals surface area contributed by atoms with Crippen LogP contribution < -0.4 is 0 Å². The number of hydrogen-bond donors (Lipinski definition) is 0. The second-order valence-corrected chi connectivity index (χ2v) is 7.96. The largest absolute Gasteiger partial charge is 0.341 e. The van der Waals surface area contributed by atoms with Crippen LogP contribution in [-0.2, 0) is 16.1 Å². The Morgan fingerprint density at radius 3 is 2.80 bits per heavy atom. The summed E-state index contributed by atoms with van der Waals surface area (Å²) >= 11 is 0. The lowest BCUT2D eigenvalue weighted by Gasteiger charge is -2.39. The Balaban J connectivity index is 1.44. The van der Waals surface area contributed by atoms with Crippen LogP contribution >= 0.6 is 0 Å². The summed E-state index contributed by atoms with van der Waals surface area (Å²) < 4.78 is 0. The van der Waals surface area contributed by atoms with Gasteiger partial charge in [-0.05, 0) is 43.7 Å². The highest BCUT2D eigenvalue weighted by Gasteiger charge is 2.49. The second-order valence-electron chi connectivity index (χ2n) is 7.96. The molecule has 25 heavy (non-hydrogen) atoms.